The number of nitrogen functional groups attached to an aromatic ring is 2. The van der Waals surface area contributed by atoms with Crippen molar-refractivity contribution in [1.29, 1.82) is 0 Å². The number of nitrogens with zero attached hydrogens (tertiary/aromatic N) is 4. The Kier molecular flexibility index (Phi) is 7.58. The van der Waals surface area contributed by atoms with E-state index in [1.165, 1.54) is 43.9 Å². The molecular formula is C21H30Cl2N6S. The number of piperidine rings is 1. The third-order valence-electron chi connectivity index (χ3n) is 5.96. The van der Waals surface area contributed by atoms with E-state index < -0.39 is 0 Å². The van der Waals surface area contributed by atoms with Crippen LogP contribution in [0.2, 0.25) is 10.2 Å². The van der Waals surface area contributed by atoms with Crippen LogP contribution in [0.25, 0.3) is 0 Å². The van der Waals surface area contributed by atoms with Crippen LogP contribution in [0.15, 0.2) is 22.2 Å². The molecule has 2 aromatic heterocycles. The summed E-state index contributed by atoms with van der Waals surface area (Å²) in [5.74, 6) is 2.37. The maximum Gasteiger partial charge on any atom is 0.158 e. The molecule has 1 saturated heterocycles. The summed E-state index contributed by atoms with van der Waals surface area (Å²) >= 11 is 13.5. The maximum atomic E-state index is 6.22. The molecule has 9 heteroatoms. The molecule has 164 valence electrons. The average Bonchev–Trinajstić information content (AvgIpc) is 3.09. The molecule has 3 heterocycles. The predicted octanol–water partition coefficient (Wildman–Crippen LogP) is 5.93. The number of nitrogens with two attached hydrogens (primary N) is 2. The number of rotatable bonds is 3. The van der Waals surface area contributed by atoms with Crippen LogP contribution in [0.1, 0.15) is 52.9 Å². The van der Waals surface area contributed by atoms with Gasteiger partial charge in [-0.1, -0.05) is 62.2 Å². The first-order chi connectivity index (χ1) is 14.3. The van der Waals surface area contributed by atoms with E-state index in [0.717, 1.165) is 24.8 Å². The molecule has 2 aromatic rings. The first-order valence-corrected chi connectivity index (χ1v) is 12.1. The Morgan fingerprint density at radius 1 is 1.13 bits per heavy atom. The summed E-state index contributed by atoms with van der Waals surface area (Å²) in [6, 6.07) is 1.65. The van der Waals surface area contributed by atoms with Gasteiger partial charge in [0.2, 0.25) is 0 Å². The molecule has 0 amide bonds. The van der Waals surface area contributed by atoms with E-state index in [-0.39, 0.29) is 5.15 Å². The molecule has 2 fully saturated rings. The summed E-state index contributed by atoms with van der Waals surface area (Å²) in [4.78, 5) is 16.0. The second kappa shape index (κ2) is 9.79. The van der Waals surface area contributed by atoms with Gasteiger partial charge in [-0.25, -0.2) is 15.0 Å². The molecule has 1 saturated carbocycles. The minimum Gasteiger partial charge on any atom is -0.384 e. The second-order valence-electron chi connectivity index (χ2n) is 8.01. The minimum absolute atomic E-state index is 0.163. The summed E-state index contributed by atoms with van der Waals surface area (Å²) in [6.07, 6.45) is 8.32. The molecule has 2 aliphatic rings. The van der Waals surface area contributed by atoms with Gasteiger partial charge in [0.1, 0.15) is 16.7 Å². The zero-order chi connectivity index (χ0) is 21.9. The standard InChI is InChI=1S/C19H24Cl2N6S.C2H6/c1-11-2-3-19(9-11)4-6-27(7-5-19)14-10-24-18(17(23)26-14)28-12-8-13(22)25-16(21)15(12)20;1-2/h8,10-11H,2-7,9H2,1H3,(H2,22,25)(H2,23,26);1-2H3. The Balaban J connectivity index is 0.00000124. The van der Waals surface area contributed by atoms with Crippen molar-refractivity contribution >= 4 is 52.4 Å². The van der Waals surface area contributed by atoms with E-state index >= 15 is 0 Å². The highest BCUT2D eigenvalue weighted by Gasteiger charge is 2.40. The van der Waals surface area contributed by atoms with Crippen LogP contribution >= 0.6 is 35.0 Å². The van der Waals surface area contributed by atoms with Crippen molar-refractivity contribution in [1.82, 2.24) is 15.0 Å². The van der Waals surface area contributed by atoms with Gasteiger partial charge in [0.25, 0.3) is 0 Å². The fourth-order valence-electron chi connectivity index (χ4n) is 4.45. The van der Waals surface area contributed by atoms with Crippen LogP contribution < -0.4 is 16.4 Å². The van der Waals surface area contributed by atoms with Crippen molar-refractivity contribution in [2.24, 2.45) is 11.3 Å². The van der Waals surface area contributed by atoms with Crippen molar-refractivity contribution in [2.75, 3.05) is 29.5 Å². The van der Waals surface area contributed by atoms with Gasteiger partial charge in [0, 0.05) is 18.0 Å². The van der Waals surface area contributed by atoms with Gasteiger partial charge in [-0.05, 0) is 43.1 Å². The number of halogens is 2. The Bertz CT molecular complexity index is 886. The molecule has 30 heavy (non-hydrogen) atoms. The van der Waals surface area contributed by atoms with Crippen LogP contribution in [0, 0.1) is 11.3 Å². The van der Waals surface area contributed by atoms with Crippen LogP contribution in [0.5, 0.6) is 0 Å². The topological polar surface area (TPSA) is 94.0 Å². The summed E-state index contributed by atoms with van der Waals surface area (Å²) in [6.45, 7) is 8.39. The van der Waals surface area contributed by atoms with Crippen molar-refractivity contribution in [3.05, 3.63) is 22.4 Å². The molecular weight excluding hydrogens is 439 g/mol. The molecule has 1 atom stereocenters. The Morgan fingerprint density at radius 2 is 1.83 bits per heavy atom. The minimum atomic E-state index is 0.163. The highest BCUT2D eigenvalue weighted by molar-refractivity contribution is 7.99. The first kappa shape index (κ1) is 23.2. The quantitative estimate of drug-likeness (QED) is 0.538. The van der Waals surface area contributed by atoms with Gasteiger partial charge in [-0.3, -0.25) is 0 Å². The summed E-state index contributed by atoms with van der Waals surface area (Å²) in [7, 11) is 0. The fraction of sp³-hybridized carbons (Fsp3) is 0.571. The smallest absolute Gasteiger partial charge is 0.158 e. The van der Waals surface area contributed by atoms with E-state index in [9.17, 15) is 0 Å². The Morgan fingerprint density at radius 3 is 2.43 bits per heavy atom. The third-order valence-corrected chi connectivity index (χ3v) is 7.87. The van der Waals surface area contributed by atoms with Gasteiger partial charge in [0.15, 0.2) is 11.0 Å². The number of hydrogen-bond donors (Lipinski definition) is 2. The lowest BCUT2D eigenvalue weighted by Crippen LogP contribution is -2.39. The van der Waals surface area contributed by atoms with E-state index in [2.05, 4.69) is 26.8 Å². The lowest BCUT2D eigenvalue weighted by atomic mass is 9.76. The molecule has 4 N–H and O–H groups in total. The summed E-state index contributed by atoms with van der Waals surface area (Å²) in [5, 5.41) is 1.07. The zero-order valence-electron chi connectivity index (χ0n) is 17.8. The molecule has 0 bridgehead atoms. The molecule has 1 aliphatic heterocycles. The Hall–Kier alpha value is -1.44. The molecule has 1 unspecified atom stereocenters. The van der Waals surface area contributed by atoms with Crippen LogP contribution in [-0.2, 0) is 0 Å². The number of aromatic nitrogens is 3. The molecule has 0 radical (unpaired) electrons. The second-order valence-corrected chi connectivity index (χ2v) is 9.77. The van der Waals surface area contributed by atoms with Gasteiger partial charge in [-0.2, -0.15) is 0 Å². The van der Waals surface area contributed by atoms with Crippen molar-refractivity contribution in [3.8, 4) is 0 Å². The third kappa shape index (κ3) is 5.06. The first-order valence-electron chi connectivity index (χ1n) is 10.5. The molecule has 1 spiro atoms. The highest BCUT2D eigenvalue weighted by Crippen LogP contribution is 2.49. The zero-order valence-corrected chi connectivity index (χ0v) is 20.1. The number of anilines is 3. The lowest BCUT2D eigenvalue weighted by molar-refractivity contribution is 0.218. The SMILES string of the molecule is CC.CC1CCC2(CCN(c3cnc(Sc4cc(N)nc(Cl)c4Cl)c(N)n3)CC2)C1. The highest BCUT2D eigenvalue weighted by atomic mass is 35.5. The average molecular weight is 469 g/mol. The van der Waals surface area contributed by atoms with Crippen molar-refractivity contribution < 1.29 is 0 Å². The lowest BCUT2D eigenvalue weighted by Gasteiger charge is -2.40. The van der Waals surface area contributed by atoms with E-state index in [4.69, 9.17) is 34.7 Å². The Labute approximate surface area is 193 Å². The molecule has 4 rings (SSSR count). The van der Waals surface area contributed by atoms with Gasteiger partial charge in [-0.15, -0.1) is 0 Å². The monoisotopic (exact) mass is 468 g/mol. The number of pyridine rings is 1. The normalized spacial score (nSPS) is 20.2. The fourth-order valence-corrected chi connectivity index (χ4v) is 5.74. The van der Waals surface area contributed by atoms with Gasteiger partial charge >= 0.3 is 0 Å². The number of hydrogen-bond acceptors (Lipinski definition) is 7. The maximum absolute atomic E-state index is 6.22. The predicted molar refractivity (Wildman–Crippen MR) is 127 cm³/mol. The van der Waals surface area contributed by atoms with Crippen molar-refractivity contribution in [2.45, 2.75) is 62.8 Å². The van der Waals surface area contributed by atoms with E-state index in [1.807, 2.05) is 13.8 Å². The molecule has 6 nitrogen and oxygen atoms in total. The van der Waals surface area contributed by atoms with Gasteiger partial charge in [0.05, 0.1) is 11.2 Å². The van der Waals surface area contributed by atoms with Crippen LogP contribution in [-0.4, -0.2) is 28.0 Å². The van der Waals surface area contributed by atoms with Crippen LogP contribution in [0.3, 0.4) is 0 Å². The summed E-state index contributed by atoms with van der Waals surface area (Å²) in [5.41, 5.74) is 12.5. The van der Waals surface area contributed by atoms with Gasteiger partial charge < -0.3 is 16.4 Å². The van der Waals surface area contributed by atoms with E-state index in [0.29, 0.717) is 32.0 Å². The molecule has 1 aliphatic carbocycles. The molecule has 0 aromatic carbocycles. The van der Waals surface area contributed by atoms with Crippen LogP contribution in [0.4, 0.5) is 17.5 Å². The largest absolute Gasteiger partial charge is 0.384 e. The van der Waals surface area contributed by atoms with Crippen molar-refractivity contribution in [3.63, 3.8) is 0 Å². The van der Waals surface area contributed by atoms with E-state index in [1.54, 1.807) is 12.3 Å². The summed E-state index contributed by atoms with van der Waals surface area (Å²) < 4.78 is 0.